The molecule has 0 saturated carbocycles. The molecule has 1 aromatic carbocycles. The summed E-state index contributed by atoms with van der Waals surface area (Å²) in [5, 5.41) is 12.0. The first-order valence-corrected chi connectivity index (χ1v) is 5.64. The van der Waals surface area contributed by atoms with E-state index in [1.807, 2.05) is 0 Å². The van der Waals surface area contributed by atoms with Gasteiger partial charge in [-0.1, -0.05) is 11.6 Å². The molecule has 0 atom stereocenters. The molecule has 0 spiro atoms. The van der Waals surface area contributed by atoms with Gasteiger partial charge in [0.15, 0.2) is 0 Å². The fourth-order valence-electron chi connectivity index (χ4n) is 1.43. The highest BCUT2D eigenvalue weighted by Gasteiger charge is 2.09. The second-order valence-corrected chi connectivity index (χ2v) is 3.98. The van der Waals surface area contributed by atoms with Crippen molar-refractivity contribution in [1.29, 1.82) is 0 Å². The topological polar surface area (TPSA) is 84.3 Å². The Morgan fingerprint density at radius 3 is 2.79 bits per heavy atom. The van der Waals surface area contributed by atoms with Gasteiger partial charge in [0.25, 0.3) is 0 Å². The van der Waals surface area contributed by atoms with Gasteiger partial charge < -0.3 is 15.2 Å². The largest absolute Gasteiger partial charge is 0.481 e. The maximum absolute atomic E-state index is 10.8. The van der Waals surface area contributed by atoms with Crippen molar-refractivity contribution < 1.29 is 14.6 Å². The van der Waals surface area contributed by atoms with Gasteiger partial charge in [0.2, 0.25) is 5.88 Å². The number of aromatic nitrogens is 2. The molecule has 0 fully saturated rings. The van der Waals surface area contributed by atoms with E-state index in [2.05, 4.69) is 15.3 Å². The van der Waals surface area contributed by atoms with Gasteiger partial charge in [0.05, 0.1) is 17.7 Å². The first kappa shape index (κ1) is 13.1. The van der Waals surface area contributed by atoms with Crippen LogP contribution >= 0.6 is 11.6 Å². The van der Waals surface area contributed by atoms with E-state index in [1.165, 1.54) is 25.6 Å². The maximum atomic E-state index is 10.8. The summed E-state index contributed by atoms with van der Waals surface area (Å²) in [6.07, 6.45) is 1.36. The lowest BCUT2D eigenvalue weighted by atomic mass is 10.2. The number of nitrogens with one attached hydrogen (secondary N) is 1. The van der Waals surface area contributed by atoms with Crippen molar-refractivity contribution >= 4 is 29.1 Å². The Labute approximate surface area is 114 Å². The van der Waals surface area contributed by atoms with Gasteiger partial charge in [-0.05, 0) is 18.2 Å². The molecule has 1 aromatic heterocycles. The number of hydrogen-bond acceptors (Lipinski definition) is 5. The number of halogens is 1. The monoisotopic (exact) mass is 279 g/mol. The SMILES string of the molecule is COc1cc(Nc2ccc(C(=O)O)c(Cl)c2)ncn1. The number of methoxy groups -OCH3 is 1. The molecule has 0 aliphatic heterocycles. The summed E-state index contributed by atoms with van der Waals surface area (Å²) in [6, 6.07) is 6.15. The predicted octanol–water partition coefficient (Wildman–Crippen LogP) is 2.58. The number of rotatable bonds is 4. The number of hydrogen-bond donors (Lipinski definition) is 2. The summed E-state index contributed by atoms with van der Waals surface area (Å²) in [5.41, 5.74) is 0.670. The van der Waals surface area contributed by atoms with Gasteiger partial charge in [-0.3, -0.25) is 0 Å². The highest BCUT2D eigenvalue weighted by Crippen LogP contribution is 2.23. The van der Waals surface area contributed by atoms with E-state index in [-0.39, 0.29) is 10.6 Å². The van der Waals surface area contributed by atoms with Gasteiger partial charge in [-0.15, -0.1) is 0 Å². The summed E-state index contributed by atoms with van der Waals surface area (Å²) in [7, 11) is 1.50. The van der Waals surface area contributed by atoms with Gasteiger partial charge in [-0.2, -0.15) is 0 Å². The highest BCUT2D eigenvalue weighted by atomic mass is 35.5. The molecule has 2 N–H and O–H groups in total. The third-order valence-corrected chi connectivity index (χ3v) is 2.64. The summed E-state index contributed by atoms with van der Waals surface area (Å²) in [4.78, 5) is 18.7. The molecule has 0 aliphatic rings. The molecule has 0 bridgehead atoms. The van der Waals surface area contributed by atoms with Crippen LogP contribution in [0.3, 0.4) is 0 Å². The summed E-state index contributed by atoms with van der Waals surface area (Å²) in [5.74, 6) is -0.128. The lowest BCUT2D eigenvalue weighted by molar-refractivity contribution is 0.0697. The molecule has 0 saturated heterocycles. The fraction of sp³-hybridized carbons (Fsp3) is 0.0833. The van der Waals surface area contributed by atoms with Crippen LogP contribution in [0.15, 0.2) is 30.6 Å². The molecule has 7 heteroatoms. The summed E-state index contributed by atoms with van der Waals surface area (Å²) < 4.78 is 4.97. The zero-order valence-corrected chi connectivity index (χ0v) is 10.7. The minimum absolute atomic E-state index is 0.0486. The van der Waals surface area contributed by atoms with Gasteiger partial charge in [0, 0.05) is 11.8 Å². The van der Waals surface area contributed by atoms with Crippen LogP contribution in [0.5, 0.6) is 5.88 Å². The average molecular weight is 280 g/mol. The third-order valence-electron chi connectivity index (χ3n) is 2.32. The zero-order chi connectivity index (χ0) is 13.8. The van der Waals surface area contributed by atoms with Crippen molar-refractivity contribution in [3.05, 3.63) is 41.2 Å². The van der Waals surface area contributed by atoms with Crippen molar-refractivity contribution in [2.45, 2.75) is 0 Å². The average Bonchev–Trinajstić information content (AvgIpc) is 2.38. The van der Waals surface area contributed by atoms with Crippen molar-refractivity contribution in [3.63, 3.8) is 0 Å². The first-order valence-electron chi connectivity index (χ1n) is 5.26. The third kappa shape index (κ3) is 3.11. The fourth-order valence-corrected chi connectivity index (χ4v) is 1.70. The van der Waals surface area contributed by atoms with Crippen LogP contribution in [0, 0.1) is 0 Å². The number of carbonyl (C=O) groups is 1. The minimum atomic E-state index is -1.07. The highest BCUT2D eigenvalue weighted by molar-refractivity contribution is 6.33. The standard InChI is InChI=1S/C12H10ClN3O3/c1-19-11-5-10(14-6-15-11)16-7-2-3-8(12(17)18)9(13)4-7/h2-6H,1H3,(H,17,18)(H,14,15,16). The molecular weight excluding hydrogens is 270 g/mol. The molecule has 0 unspecified atom stereocenters. The second kappa shape index (κ2) is 5.53. The number of carboxylic acid groups (broad SMARTS) is 1. The quantitative estimate of drug-likeness (QED) is 0.895. The summed E-state index contributed by atoms with van der Waals surface area (Å²) >= 11 is 5.87. The molecular formula is C12H10ClN3O3. The minimum Gasteiger partial charge on any atom is -0.481 e. The summed E-state index contributed by atoms with van der Waals surface area (Å²) in [6.45, 7) is 0. The Hall–Kier alpha value is -2.34. The van der Waals surface area contributed by atoms with E-state index in [0.29, 0.717) is 17.4 Å². The lowest BCUT2D eigenvalue weighted by Gasteiger charge is -2.07. The first-order chi connectivity index (χ1) is 9.10. The van der Waals surface area contributed by atoms with Crippen molar-refractivity contribution in [3.8, 4) is 5.88 Å². The lowest BCUT2D eigenvalue weighted by Crippen LogP contribution is -1.99. The molecule has 1 heterocycles. The smallest absolute Gasteiger partial charge is 0.337 e. The second-order valence-electron chi connectivity index (χ2n) is 3.57. The number of benzene rings is 1. The van der Waals surface area contributed by atoms with E-state index in [0.717, 1.165) is 0 Å². The number of aromatic carboxylic acids is 1. The molecule has 0 radical (unpaired) electrons. The van der Waals surface area contributed by atoms with E-state index in [1.54, 1.807) is 12.1 Å². The number of nitrogens with zero attached hydrogens (tertiary/aromatic N) is 2. The van der Waals surface area contributed by atoms with Crippen molar-refractivity contribution in [2.24, 2.45) is 0 Å². The Kier molecular flexibility index (Phi) is 3.82. The van der Waals surface area contributed by atoms with Crippen LogP contribution in [0.25, 0.3) is 0 Å². The van der Waals surface area contributed by atoms with E-state index >= 15 is 0 Å². The van der Waals surface area contributed by atoms with E-state index < -0.39 is 5.97 Å². The van der Waals surface area contributed by atoms with E-state index in [9.17, 15) is 4.79 Å². The number of ether oxygens (including phenoxy) is 1. The molecule has 6 nitrogen and oxygen atoms in total. The van der Waals surface area contributed by atoms with Crippen molar-refractivity contribution in [1.82, 2.24) is 9.97 Å². The van der Waals surface area contributed by atoms with Crippen LogP contribution in [0.2, 0.25) is 5.02 Å². The molecule has 2 aromatic rings. The predicted molar refractivity (Wildman–Crippen MR) is 70.3 cm³/mol. The number of carboxylic acids is 1. The molecule has 0 amide bonds. The molecule has 0 aliphatic carbocycles. The van der Waals surface area contributed by atoms with Gasteiger partial charge >= 0.3 is 5.97 Å². The Balaban J connectivity index is 2.23. The maximum Gasteiger partial charge on any atom is 0.337 e. The Bertz CT molecular complexity index is 619. The van der Waals surface area contributed by atoms with Gasteiger partial charge in [0.1, 0.15) is 12.1 Å². The van der Waals surface area contributed by atoms with Crippen LogP contribution in [0.1, 0.15) is 10.4 Å². The Morgan fingerprint density at radius 1 is 1.37 bits per heavy atom. The van der Waals surface area contributed by atoms with Gasteiger partial charge in [-0.25, -0.2) is 14.8 Å². The molecule has 98 valence electrons. The van der Waals surface area contributed by atoms with Crippen LogP contribution < -0.4 is 10.1 Å². The zero-order valence-electron chi connectivity index (χ0n) is 9.92. The molecule has 2 rings (SSSR count). The van der Waals surface area contributed by atoms with Crippen LogP contribution in [-0.4, -0.2) is 28.2 Å². The van der Waals surface area contributed by atoms with Crippen molar-refractivity contribution in [2.75, 3.05) is 12.4 Å². The normalized spacial score (nSPS) is 10.0. The molecule has 19 heavy (non-hydrogen) atoms. The Morgan fingerprint density at radius 2 is 2.16 bits per heavy atom. The number of anilines is 2. The van der Waals surface area contributed by atoms with Crippen LogP contribution in [-0.2, 0) is 0 Å². The van der Waals surface area contributed by atoms with Crippen LogP contribution in [0.4, 0.5) is 11.5 Å². The van der Waals surface area contributed by atoms with E-state index in [4.69, 9.17) is 21.4 Å².